The Bertz CT molecular complexity index is 636. The maximum absolute atomic E-state index is 12.4. The predicted octanol–water partition coefficient (Wildman–Crippen LogP) is 4.67. The standard InChI is InChI=1S/C17H23NO3S/c1-6-11-7-8-12(20-11)15(17(2,3)4)18-16(19)13-9-10-14(21-13)22-5/h7-10,15H,6H2,1-5H3,(H,18,19). The minimum Gasteiger partial charge on any atom is -0.464 e. The molecule has 0 aliphatic carbocycles. The molecule has 0 fully saturated rings. The summed E-state index contributed by atoms with van der Waals surface area (Å²) >= 11 is 1.47. The van der Waals surface area contributed by atoms with Crippen molar-refractivity contribution in [3.05, 3.63) is 41.5 Å². The van der Waals surface area contributed by atoms with Gasteiger partial charge in [0, 0.05) is 6.42 Å². The number of amides is 1. The first kappa shape index (κ1) is 16.7. The minimum atomic E-state index is -0.227. The summed E-state index contributed by atoms with van der Waals surface area (Å²) in [4.78, 5) is 12.4. The molecular weight excluding hydrogens is 298 g/mol. The molecule has 2 heterocycles. The van der Waals surface area contributed by atoms with Gasteiger partial charge in [0.2, 0.25) is 0 Å². The molecule has 1 atom stereocenters. The SMILES string of the molecule is CCc1ccc(C(NC(=O)c2ccc(SC)o2)C(C)(C)C)o1. The van der Waals surface area contributed by atoms with E-state index in [4.69, 9.17) is 8.83 Å². The zero-order chi connectivity index (χ0) is 16.3. The lowest BCUT2D eigenvalue weighted by Crippen LogP contribution is -2.36. The first-order valence-corrected chi connectivity index (χ1v) is 8.61. The van der Waals surface area contributed by atoms with E-state index < -0.39 is 0 Å². The summed E-state index contributed by atoms with van der Waals surface area (Å²) in [7, 11) is 0. The number of thioether (sulfide) groups is 1. The smallest absolute Gasteiger partial charge is 0.287 e. The van der Waals surface area contributed by atoms with Gasteiger partial charge in [-0.3, -0.25) is 4.79 Å². The highest BCUT2D eigenvalue weighted by molar-refractivity contribution is 7.98. The van der Waals surface area contributed by atoms with Gasteiger partial charge < -0.3 is 14.2 Å². The van der Waals surface area contributed by atoms with Gasteiger partial charge in [0.25, 0.3) is 5.91 Å². The molecule has 0 aliphatic heterocycles. The number of nitrogens with one attached hydrogen (secondary N) is 1. The summed E-state index contributed by atoms with van der Waals surface area (Å²) in [5, 5.41) is 3.75. The van der Waals surface area contributed by atoms with Gasteiger partial charge in [0.1, 0.15) is 11.5 Å². The number of aryl methyl sites for hydroxylation is 1. The number of hydrogen-bond acceptors (Lipinski definition) is 4. The first-order valence-electron chi connectivity index (χ1n) is 7.38. The highest BCUT2D eigenvalue weighted by Gasteiger charge is 2.31. The van der Waals surface area contributed by atoms with Crippen LogP contribution >= 0.6 is 11.8 Å². The lowest BCUT2D eigenvalue weighted by atomic mass is 9.85. The second-order valence-electron chi connectivity index (χ2n) is 6.25. The summed E-state index contributed by atoms with van der Waals surface area (Å²) < 4.78 is 11.3. The van der Waals surface area contributed by atoms with Gasteiger partial charge in [-0.05, 0) is 35.9 Å². The zero-order valence-electron chi connectivity index (χ0n) is 13.7. The van der Waals surface area contributed by atoms with Crippen LogP contribution in [0.5, 0.6) is 0 Å². The minimum absolute atomic E-state index is 0.173. The monoisotopic (exact) mass is 321 g/mol. The number of hydrogen-bond donors (Lipinski definition) is 1. The molecule has 1 amide bonds. The van der Waals surface area contributed by atoms with Crippen molar-refractivity contribution in [3.8, 4) is 0 Å². The van der Waals surface area contributed by atoms with E-state index in [1.807, 2.05) is 25.3 Å². The molecule has 2 rings (SSSR count). The fourth-order valence-corrected chi connectivity index (χ4v) is 2.59. The second kappa shape index (κ2) is 6.65. The van der Waals surface area contributed by atoms with E-state index in [1.54, 1.807) is 12.1 Å². The Kier molecular flexibility index (Phi) is 5.06. The molecule has 0 aliphatic rings. The molecule has 0 aromatic carbocycles. The molecule has 4 nitrogen and oxygen atoms in total. The zero-order valence-corrected chi connectivity index (χ0v) is 14.5. The van der Waals surface area contributed by atoms with Crippen LogP contribution in [-0.2, 0) is 6.42 Å². The number of carbonyl (C=O) groups excluding carboxylic acids is 1. The summed E-state index contributed by atoms with van der Waals surface area (Å²) in [6, 6.07) is 7.17. The van der Waals surface area contributed by atoms with Crippen LogP contribution < -0.4 is 5.32 Å². The van der Waals surface area contributed by atoms with Crippen molar-refractivity contribution < 1.29 is 13.6 Å². The fourth-order valence-electron chi connectivity index (χ4n) is 2.21. The maximum atomic E-state index is 12.4. The van der Waals surface area contributed by atoms with Crippen LogP contribution in [0.3, 0.4) is 0 Å². The van der Waals surface area contributed by atoms with Gasteiger partial charge in [0.15, 0.2) is 10.9 Å². The Balaban J connectivity index is 2.21. The van der Waals surface area contributed by atoms with E-state index in [9.17, 15) is 4.79 Å². The van der Waals surface area contributed by atoms with Gasteiger partial charge in [-0.15, -0.1) is 0 Å². The molecule has 0 radical (unpaired) electrons. The topological polar surface area (TPSA) is 55.4 Å². The summed E-state index contributed by atoms with van der Waals surface area (Å²) in [6.07, 6.45) is 2.74. The largest absolute Gasteiger partial charge is 0.464 e. The third-order valence-corrected chi connectivity index (χ3v) is 4.08. The van der Waals surface area contributed by atoms with Gasteiger partial charge in [-0.25, -0.2) is 0 Å². The predicted molar refractivity (Wildman–Crippen MR) is 88.2 cm³/mol. The molecule has 0 bridgehead atoms. The molecular formula is C17H23NO3S. The van der Waals surface area contributed by atoms with Crippen molar-refractivity contribution in [1.82, 2.24) is 5.32 Å². The molecule has 5 heteroatoms. The number of carbonyl (C=O) groups is 1. The van der Waals surface area contributed by atoms with E-state index in [-0.39, 0.29) is 17.4 Å². The lowest BCUT2D eigenvalue weighted by Gasteiger charge is -2.29. The molecule has 2 aromatic heterocycles. The van der Waals surface area contributed by atoms with Gasteiger partial charge in [-0.1, -0.05) is 39.5 Å². The van der Waals surface area contributed by atoms with Crippen molar-refractivity contribution in [2.75, 3.05) is 6.26 Å². The second-order valence-corrected chi connectivity index (χ2v) is 7.06. The van der Waals surface area contributed by atoms with Crippen LogP contribution in [0.4, 0.5) is 0 Å². The van der Waals surface area contributed by atoms with Crippen LogP contribution in [0.2, 0.25) is 0 Å². The normalized spacial score (nSPS) is 13.1. The van der Waals surface area contributed by atoms with Crippen molar-refractivity contribution in [2.45, 2.75) is 45.2 Å². The number of rotatable bonds is 5. The average Bonchev–Trinajstić information content (AvgIpc) is 3.11. The Morgan fingerprint density at radius 3 is 2.45 bits per heavy atom. The van der Waals surface area contributed by atoms with E-state index in [0.29, 0.717) is 5.76 Å². The van der Waals surface area contributed by atoms with E-state index >= 15 is 0 Å². The Morgan fingerprint density at radius 2 is 1.95 bits per heavy atom. The lowest BCUT2D eigenvalue weighted by molar-refractivity contribution is 0.0855. The average molecular weight is 321 g/mol. The van der Waals surface area contributed by atoms with E-state index in [2.05, 4.69) is 26.1 Å². The highest BCUT2D eigenvalue weighted by atomic mass is 32.2. The highest BCUT2D eigenvalue weighted by Crippen LogP contribution is 2.34. The third kappa shape index (κ3) is 3.77. The van der Waals surface area contributed by atoms with Crippen molar-refractivity contribution in [1.29, 1.82) is 0 Å². The molecule has 22 heavy (non-hydrogen) atoms. The summed E-state index contributed by atoms with van der Waals surface area (Å²) in [5.41, 5.74) is -0.173. The summed E-state index contributed by atoms with van der Waals surface area (Å²) in [6.45, 7) is 8.25. The Morgan fingerprint density at radius 1 is 1.23 bits per heavy atom. The molecule has 1 unspecified atom stereocenters. The van der Waals surface area contributed by atoms with E-state index in [1.165, 1.54) is 11.8 Å². The van der Waals surface area contributed by atoms with Crippen LogP contribution in [-0.4, -0.2) is 12.2 Å². The molecule has 0 saturated heterocycles. The molecule has 0 saturated carbocycles. The molecule has 120 valence electrons. The molecule has 1 N–H and O–H groups in total. The molecule has 0 spiro atoms. The van der Waals surface area contributed by atoms with Crippen LogP contribution in [0.25, 0.3) is 0 Å². The van der Waals surface area contributed by atoms with Crippen molar-refractivity contribution in [3.63, 3.8) is 0 Å². The number of furan rings is 2. The van der Waals surface area contributed by atoms with Crippen molar-refractivity contribution >= 4 is 17.7 Å². The Labute approximate surface area is 135 Å². The molecule has 2 aromatic rings. The first-order chi connectivity index (χ1) is 10.3. The van der Waals surface area contributed by atoms with Crippen LogP contribution in [0.1, 0.15) is 55.8 Å². The van der Waals surface area contributed by atoms with Gasteiger partial charge in [0.05, 0.1) is 6.04 Å². The van der Waals surface area contributed by atoms with Crippen molar-refractivity contribution in [2.24, 2.45) is 5.41 Å². The summed E-state index contributed by atoms with van der Waals surface area (Å²) in [5.74, 6) is 1.78. The van der Waals surface area contributed by atoms with Gasteiger partial charge >= 0.3 is 0 Å². The van der Waals surface area contributed by atoms with E-state index in [0.717, 1.165) is 23.0 Å². The van der Waals surface area contributed by atoms with Crippen LogP contribution in [0, 0.1) is 5.41 Å². The Hall–Kier alpha value is -1.62. The quantitative estimate of drug-likeness (QED) is 0.813. The van der Waals surface area contributed by atoms with Crippen LogP contribution in [0.15, 0.2) is 38.2 Å². The fraction of sp³-hybridized carbons (Fsp3) is 0.471. The third-order valence-electron chi connectivity index (χ3n) is 3.46. The maximum Gasteiger partial charge on any atom is 0.287 e. The van der Waals surface area contributed by atoms with Gasteiger partial charge in [-0.2, -0.15) is 0 Å².